The molecule has 27 heavy (non-hydrogen) atoms. The molecule has 1 fully saturated rings. The lowest BCUT2D eigenvalue weighted by molar-refractivity contribution is 0.101. The molecule has 1 saturated heterocycles. The second-order valence-electron chi connectivity index (χ2n) is 7.21. The highest BCUT2D eigenvalue weighted by molar-refractivity contribution is 6.08. The van der Waals surface area contributed by atoms with Gasteiger partial charge in [-0.1, -0.05) is 13.8 Å². The van der Waals surface area contributed by atoms with Crippen molar-refractivity contribution in [1.82, 2.24) is 15.3 Å². The highest BCUT2D eigenvalue weighted by atomic mass is 19.3. The van der Waals surface area contributed by atoms with Gasteiger partial charge in [0.05, 0.1) is 0 Å². The Morgan fingerprint density at radius 1 is 1.33 bits per heavy atom. The summed E-state index contributed by atoms with van der Waals surface area (Å²) in [5.74, 6) is 0.579. The number of rotatable bonds is 6. The summed E-state index contributed by atoms with van der Waals surface area (Å²) in [6.45, 7) is 6.58. The summed E-state index contributed by atoms with van der Waals surface area (Å²) in [6.07, 6.45) is 1.16. The van der Waals surface area contributed by atoms with Gasteiger partial charge in [-0.25, -0.2) is 13.8 Å². The smallest absolute Gasteiger partial charge is 0.266 e. The molecule has 0 aliphatic carbocycles. The highest BCUT2D eigenvalue weighted by Crippen LogP contribution is 2.27. The molecule has 7 heteroatoms. The van der Waals surface area contributed by atoms with Crippen LogP contribution in [0, 0.1) is 5.92 Å². The molecular weight excluding hydrogens is 350 g/mol. The molecule has 0 bridgehead atoms. The Morgan fingerprint density at radius 3 is 2.81 bits per heavy atom. The number of hydrogen-bond acceptors (Lipinski definition) is 5. The Bertz CT molecular complexity index is 783. The van der Waals surface area contributed by atoms with Gasteiger partial charge in [-0.15, -0.1) is 0 Å². The number of nitrogens with one attached hydrogen (secondary N) is 1. The van der Waals surface area contributed by atoms with Gasteiger partial charge in [0.25, 0.3) is 6.43 Å². The molecule has 0 unspecified atom stereocenters. The molecule has 1 N–H and O–H groups in total. The van der Waals surface area contributed by atoms with Crippen molar-refractivity contribution in [2.24, 2.45) is 5.92 Å². The molecular formula is C20H24F2N4O. The van der Waals surface area contributed by atoms with Crippen molar-refractivity contribution >= 4 is 11.6 Å². The minimum absolute atomic E-state index is 0.200. The maximum atomic E-state index is 13.5. The minimum Gasteiger partial charge on any atom is -0.354 e. The molecule has 0 amide bonds. The van der Waals surface area contributed by atoms with Crippen LogP contribution < -0.4 is 10.2 Å². The van der Waals surface area contributed by atoms with Gasteiger partial charge in [0.2, 0.25) is 5.78 Å². The predicted octanol–water partition coefficient (Wildman–Crippen LogP) is 3.47. The Morgan fingerprint density at radius 2 is 2.15 bits per heavy atom. The normalized spacial score (nSPS) is 17.6. The fourth-order valence-corrected chi connectivity index (χ4v) is 3.39. The summed E-state index contributed by atoms with van der Waals surface area (Å²) in [5.41, 5.74) is -0.294. The molecule has 1 atom stereocenters. The van der Waals surface area contributed by atoms with Crippen molar-refractivity contribution in [3.8, 4) is 0 Å². The third kappa shape index (κ3) is 4.66. The van der Waals surface area contributed by atoms with E-state index in [1.54, 1.807) is 18.2 Å². The van der Waals surface area contributed by atoms with Gasteiger partial charge in [-0.2, -0.15) is 0 Å². The number of halogens is 2. The summed E-state index contributed by atoms with van der Waals surface area (Å²) in [6, 6.07) is 6.37. The first kappa shape index (κ1) is 19.4. The number of aromatic nitrogens is 2. The Balaban J connectivity index is 1.90. The molecule has 5 nitrogen and oxygen atoms in total. The number of carbonyl (C=O) groups excluding carboxylic acids is 1. The molecule has 144 valence electrons. The van der Waals surface area contributed by atoms with Crippen LogP contribution in [0.25, 0.3) is 0 Å². The fraction of sp³-hybridized carbons (Fsp3) is 0.450. The number of alkyl halides is 2. The first-order valence-electron chi connectivity index (χ1n) is 9.18. The quantitative estimate of drug-likeness (QED) is 0.785. The van der Waals surface area contributed by atoms with Crippen LogP contribution in [0.2, 0.25) is 0 Å². The van der Waals surface area contributed by atoms with Gasteiger partial charge in [0, 0.05) is 49.2 Å². The van der Waals surface area contributed by atoms with Crippen molar-refractivity contribution in [2.45, 2.75) is 32.7 Å². The molecule has 0 spiro atoms. The zero-order valence-corrected chi connectivity index (χ0v) is 15.5. The monoisotopic (exact) mass is 374 g/mol. The van der Waals surface area contributed by atoms with E-state index in [1.807, 2.05) is 0 Å². The van der Waals surface area contributed by atoms with Crippen LogP contribution in [-0.4, -0.2) is 41.4 Å². The molecule has 0 saturated carbocycles. The summed E-state index contributed by atoms with van der Waals surface area (Å²) >= 11 is 0. The zero-order valence-electron chi connectivity index (χ0n) is 15.5. The van der Waals surface area contributed by atoms with E-state index in [1.165, 1.54) is 18.5 Å². The Kier molecular flexibility index (Phi) is 6.11. The molecule has 1 aliphatic heterocycles. The number of hydrogen-bond donors (Lipinski definition) is 1. The van der Waals surface area contributed by atoms with E-state index in [0.717, 1.165) is 26.1 Å². The van der Waals surface area contributed by atoms with E-state index in [-0.39, 0.29) is 16.8 Å². The standard InChI is InChI=1S/C20H24F2N4O/c1-13(2)10-15-12-26(9-8-24-15)17-6-5-16(20(21)22)18(25-17)19(27)14-4-3-7-23-11-14/h3-7,11,13,15,20,24H,8-10,12H2,1-2H3/t15-/m0/s1. The van der Waals surface area contributed by atoms with Gasteiger partial charge in [-0.05, 0) is 36.6 Å². The number of piperazine rings is 1. The summed E-state index contributed by atoms with van der Waals surface area (Å²) < 4.78 is 26.9. The highest BCUT2D eigenvalue weighted by Gasteiger charge is 2.25. The first-order chi connectivity index (χ1) is 13.0. The SMILES string of the molecule is CC(C)C[C@H]1CN(c2ccc(C(F)F)c(C(=O)c3cccnc3)n2)CCN1. The predicted molar refractivity (Wildman–Crippen MR) is 100 cm³/mol. The molecule has 1 aliphatic rings. The molecule has 0 aromatic carbocycles. The van der Waals surface area contributed by atoms with Gasteiger partial charge >= 0.3 is 0 Å². The summed E-state index contributed by atoms with van der Waals surface area (Å²) in [4.78, 5) is 23.1. The average molecular weight is 374 g/mol. The topological polar surface area (TPSA) is 58.1 Å². The van der Waals surface area contributed by atoms with Crippen molar-refractivity contribution in [3.05, 3.63) is 53.5 Å². The zero-order chi connectivity index (χ0) is 19.4. The van der Waals surface area contributed by atoms with Crippen LogP contribution in [-0.2, 0) is 0 Å². The number of pyridine rings is 2. The van der Waals surface area contributed by atoms with Crippen LogP contribution in [0.4, 0.5) is 14.6 Å². The first-order valence-corrected chi connectivity index (χ1v) is 9.18. The Labute approximate surface area is 157 Å². The average Bonchev–Trinajstić information content (AvgIpc) is 2.67. The molecule has 3 rings (SSSR count). The third-order valence-electron chi connectivity index (χ3n) is 4.62. The molecule has 3 heterocycles. The Hall–Kier alpha value is -2.41. The lowest BCUT2D eigenvalue weighted by atomic mass is 10.0. The molecule has 2 aromatic heterocycles. The number of carbonyl (C=O) groups is 1. The number of ketones is 1. The van der Waals surface area contributed by atoms with E-state index < -0.39 is 12.2 Å². The van der Waals surface area contributed by atoms with Crippen molar-refractivity contribution in [1.29, 1.82) is 0 Å². The van der Waals surface area contributed by atoms with Crippen LogP contribution in [0.1, 0.15) is 48.3 Å². The van der Waals surface area contributed by atoms with Crippen LogP contribution in [0.15, 0.2) is 36.7 Å². The largest absolute Gasteiger partial charge is 0.354 e. The van der Waals surface area contributed by atoms with Gasteiger partial charge < -0.3 is 10.2 Å². The van der Waals surface area contributed by atoms with Crippen LogP contribution >= 0.6 is 0 Å². The van der Waals surface area contributed by atoms with Gasteiger partial charge in [0.1, 0.15) is 11.5 Å². The van der Waals surface area contributed by atoms with Crippen molar-refractivity contribution < 1.29 is 13.6 Å². The number of anilines is 1. The van der Waals surface area contributed by atoms with Gasteiger partial charge in [-0.3, -0.25) is 9.78 Å². The third-order valence-corrected chi connectivity index (χ3v) is 4.62. The van der Waals surface area contributed by atoms with Crippen LogP contribution in [0.3, 0.4) is 0 Å². The maximum absolute atomic E-state index is 13.5. The minimum atomic E-state index is -2.76. The summed E-state index contributed by atoms with van der Waals surface area (Å²) in [7, 11) is 0. The summed E-state index contributed by atoms with van der Waals surface area (Å²) in [5, 5.41) is 3.48. The number of nitrogens with zero attached hydrogens (tertiary/aromatic N) is 3. The van der Waals surface area contributed by atoms with Crippen molar-refractivity contribution in [2.75, 3.05) is 24.5 Å². The van der Waals surface area contributed by atoms with E-state index >= 15 is 0 Å². The fourth-order valence-electron chi connectivity index (χ4n) is 3.39. The van der Waals surface area contributed by atoms with E-state index in [4.69, 9.17) is 0 Å². The van der Waals surface area contributed by atoms with Crippen molar-refractivity contribution in [3.63, 3.8) is 0 Å². The van der Waals surface area contributed by atoms with Gasteiger partial charge in [0.15, 0.2) is 0 Å². The maximum Gasteiger partial charge on any atom is 0.266 e. The lowest BCUT2D eigenvalue weighted by Gasteiger charge is -2.35. The van der Waals surface area contributed by atoms with E-state index in [0.29, 0.717) is 17.8 Å². The van der Waals surface area contributed by atoms with Crippen LogP contribution in [0.5, 0.6) is 0 Å². The lowest BCUT2D eigenvalue weighted by Crippen LogP contribution is -2.51. The second kappa shape index (κ2) is 8.52. The molecule has 0 radical (unpaired) electrons. The van der Waals surface area contributed by atoms with E-state index in [9.17, 15) is 13.6 Å². The van der Waals surface area contributed by atoms with E-state index in [2.05, 4.69) is 34.0 Å². The molecule has 2 aromatic rings. The second-order valence-corrected chi connectivity index (χ2v) is 7.21.